The monoisotopic (exact) mass is 286 g/mol. The van der Waals surface area contributed by atoms with Gasteiger partial charge in [0, 0.05) is 37.6 Å². The number of piperidine rings is 1. The molecule has 1 aliphatic heterocycles. The molecule has 112 valence electrons. The van der Waals surface area contributed by atoms with Gasteiger partial charge in [0.25, 0.3) is 5.91 Å². The lowest BCUT2D eigenvalue weighted by Crippen LogP contribution is -2.41. The maximum atomic E-state index is 12.5. The molecule has 1 atom stereocenters. The molecule has 0 aromatic carbocycles. The molecule has 5 heteroatoms. The van der Waals surface area contributed by atoms with Crippen LogP contribution >= 0.6 is 0 Å². The molecule has 1 fully saturated rings. The average molecular weight is 286 g/mol. The molecular formula is C16H22N4O. The van der Waals surface area contributed by atoms with Crippen molar-refractivity contribution in [3.63, 3.8) is 0 Å². The summed E-state index contributed by atoms with van der Waals surface area (Å²) in [4.78, 5) is 21.9. The summed E-state index contributed by atoms with van der Waals surface area (Å²) in [6, 6.07) is 4.03. The second-order valence-electron chi connectivity index (χ2n) is 5.98. The summed E-state index contributed by atoms with van der Waals surface area (Å²) in [6.45, 7) is 5.90. The van der Waals surface area contributed by atoms with Crippen molar-refractivity contribution in [2.24, 2.45) is 0 Å². The Hall–Kier alpha value is -2.04. The van der Waals surface area contributed by atoms with E-state index in [9.17, 15) is 4.79 Å². The smallest absolute Gasteiger partial charge is 0.270 e. The lowest BCUT2D eigenvalue weighted by Gasteiger charge is -2.34. The van der Waals surface area contributed by atoms with E-state index in [0.29, 0.717) is 17.7 Å². The summed E-state index contributed by atoms with van der Waals surface area (Å²) >= 11 is 0. The standard InChI is InChI=1S/C16H22N4O/c1-12(2)15-18-8-10-20(15)13-5-4-9-19(11-13)16(21)14-6-3-7-17-14/h3,6-8,10,12-13,17H,4-5,9,11H2,1-2H3/t13-/m1/s1. The number of nitrogens with one attached hydrogen (secondary N) is 1. The average Bonchev–Trinajstić information content (AvgIpc) is 3.17. The first-order valence-corrected chi connectivity index (χ1v) is 7.62. The number of hydrogen-bond donors (Lipinski definition) is 1. The molecule has 21 heavy (non-hydrogen) atoms. The van der Waals surface area contributed by atoms with E-state index in [-0.39, 0.29) is 5.91 Å². The van der Waals surface area contributed by atoms with Crippen molar-refractivity contribution < 1.29 is 4.79 Å². The molecule has 0 aliphatic carbocycles. The molecule has 0 spiro atoms. The quantitative estimate of drug-likeness (QED) is 0.943. The van der Waals surface area contributed by atoms with Gasteiger partial charge in [-0.2, -0.15) is 0 Å². The zero-order chi connectivity index (χ0) is 14.8. The molecule has 0 bridgehead atoms. The minimum absolute atomic E-state index is 0.0934. The van der Waals surface area contributed by atoms with Crippen LogP contribution in [0.2, 0.25) is 0 Å². The van der Waals surface area contributed by atoms with Gasteiger partial charge in [-0.1, -0.05) is 13.8 Å². The Bertz CT molecular complexity index is 600. The van der Waals surface area contributed by atoms with Gasteiger partial charge in [0.2, 0.25) is 0 Å². The maximum absolute atomic E-state index is 12.5. The van der Waals surface area contributed by atoms with Crippen molar-refractivity contribution in [1.82, 2.24) is 19.4 Å². The van der Waals surface area contributed by atoms with Crippen LogP contribution in [0.4, 0.5) is 0 Å². The zero-order valence-corrected chi connectivity index (χ0v) is 12.6. The predicted molar refractivity (Wildman–Crippen MR) is 81.3 cm³/mol. The second-order valence-corrected chi connectivity index (χ2v) is 5.98. The Labute approximate surface area is 125 Å². The number of H-pyrrole nitrogens is 1. The molecule has 2 aromatic heterocycles. The minimum atomic E-state index is 0.0934. The highest BCUT2D eigenvalue weighted by atomic mass is 16.2. The molecule has 1 aliphatic rings. The number of imidazole rings is 1. The molecule has 5 nitrogen and oxygen atoms in total. The van der Waals surface area contributed by atoms with Crippen molar-refractivity contribution in [3.8, 4) is 0 Å². The third kappa shape index (κ3) is 2.73. The molecule has 3 heterocycles. The Morgan fingerprint density at radius 3 is 3.05 bits per heavy atom. The van der Waals surface area contributed by atoms with Crippen LogP contribution in [0.25, 0.3) is 0 Å². The summed E-state index contributed by atoms with van der Waals surface area (Å²) in [7, 11) is 0. The summed E-state index contributed by atoms with van der Waals surface area (Å²) in [5.41, 5.74) is 0.672. The lowest BCUT2D eigenvalue weighted by atomic mass is 10.0. The number of amides is 1. The van der Waals surface area contributed by atoms with E-state index in [4.69, 9.17) is 0 Å². The van der Waals surface area contributed by atoms with Crippen molar-refractivity contribution in [2.75, 3.05) is 13.1 Å². The first-order valence-electron chi connectivity index (χ1n) is 7.62. The number of rotatable bonds is 3. The van der Waals surface area contributed by atoms with Gasteiger partial charge in [0.15, 0.2) is 0 Å². The van der Waals surface area contributed by atoms with E-state index in [1.54, 1.807) is 6.20 Å². The number of aromatic amines is 1. The lowest BCUT2D eigenvalue weighted by molar-refractivity contribution is 0.0672. The van der Waals surface area contributed by atoms with E-state index in [1.807, 2.05) is 29.4 Å². The van der Waals surface area contributed by atoms with Gasteiger partial charge in [-0.15, -0.1) is 0 Å². The topological polar surface area (TPSA) is 53.9 Å². The van der Waals surface area contributed by atoms with Gasteiger partial charge in [-0.3, -0.25) is 4.79 Å². The number of hydrogen-bond acceptors (Lipinski definition) is 2. The Morgan fingerprint density at radius 1 is 1.48 bits per heavy atom. The molecule has 1 amide bonds. The Morgan fingerprint density at radius 2 is 2.33 bits per heavy atom. The molecule has 1 N–H and O–H groups in total. The normalized spacial score (nSPS) is 19.2. The zero-order valence-electron chi connectivity index (χ0n) is 12.6. The van der Waals surface area contributed by atoms with Crippen molar-refractivity contribution >= 4 is 5.91 Å². The molecule has 1 saturated heterocycles. The fraction of sp³-hybridized carbons (Fsp3) is 0.500. The number of carbonyl (C=O) groups excluding carboxylic acids is 1. The number of nitrogens with zero attached hydrogens (tertiary/aromatic N) is 3. The fourth-order valence-corrected chi connectivity index (χ4v) is 3.08. The molecule has 0 saturated carbocycles. The van der Waals surface area contributed by atoms with Gasteiger partial charge < -0.3 is 14.5 Å². The summed E-state index contributed by atoms with van der Waals surface area (Å²) < 4.78 is 2.25. The van der Waals surface area contributed by atoms with Crippen LogP contribution in [0.3, 0.4) is 0 Å². The van der Waals surface area contributed by atoms with Crippen LogP contribution in [0.15, 0.2) is 30.7 Å². The third-order valence-corrected chi connectivity index (χ3v) is 4.12. The van der Waals surface area contributed by atoms with Crippen LogP contribution in [-0.4, -0.2) is 38.4 Å². The van der Waals surface area contributed by atoms with E-state index in [0.717, 1.165) is 31.8 Å². The van der Waals surface area contributed by atoms with Crippen LogP contribution in [0.1, 0.15) is 55.0 Å². The molecule has 2 aromatic rings. The largest absolute Gasteiger partial charge is 0.357 e. The number of aromatic nitrogens is 3. The highest BCUT2D eigenvalue weighted by Gasteiger charge is 2.27. The van der Waals surface area contributed by atoms with Gasteiger partial charge >= 0.3 is 0 Å². The summed E-state index contributed by atoms with van der Waals surface area (Å²) in [6.07, 6.45) is 7.84. The third-order valence-electron chi connectivity index (χ3n) is 4.12. The predicted octanol–water partition coefficient (Wildman–Crippen LogP) is 2.81. The van der Waals surface area contributed by atoms with Crippen molar-refractivity contribution in [1.29, 1.82) is 0 Å². The van der Waals surface area contributed by atoms with Crippen LogP contribution in [0.5, 0.6) is 0 Å². The number of carbonyl (C=O) groups is 1. The minimum Gasteiger partial charge on any atom is -0.357 e. The van der Waals surface area contributed by atoms with Gasteiger partial charge in [0.1, 0.15) is 11.5 Å². The maximum Gasteiger partial charge on any atom is 0.270 e. The highest BCUT2D eigenvalue weighted by Crippen LogP contribution is 2.26. The summed E-state index contributed by atoms with van der Waals surface area (Å²) in [5, 5.41) is 0. The summed E-state index contributed by atoms with van der Waals surface area (Å²) in [5.74, 6) is 1.60. The Balaban J connectivity index is 1.77. The van der Waals surface area contributed by atoms with Gasteiger partial charge in [-0.05, 0) is 25.0 Å². The molecule has 0 unspecified atom stereocenters. The highest BCUT2D eigenvalue weighted by molar-refractivity contribution is 5.92. The SMILES string of the molecule is CC(C)c1nccn1[C@@H]1CCCN(C(=O)c2ccc[nH]2)C1. The van der Waals surface area contributed by atoms with Crippen LogP contribution in [-0.2, 0) is 0 Å². The van der Waals surface area contributed by atoms with Gasteiger partial charge in [-0.25, -0.2) is 4.98 Å². The molecular weight excluding hydrogens is 264 g/mol. The van der Waals surface area contributed by atoms with Crippen LogP contribution < -0.4 is 0 Å². The van der Waals surface area contributed by atoms with E-state index in [2.05, 4.69) is 28.4 Å². The van der Waals surface area contributed by atoms with E-state index >= 15 is 0 Å². The molecule has 3 rings (SSSR count). The number of likely N-dealkylation sites (tertiary alicyclic amines) is 1. The van der Waals surface area contributed by atoms with Crippen LogP contribution in [0, 0.1) is 0 Å². The van der Waals surface area contributed by atoms with E-state index < -0.39 is 0 Å². The Kier molecular flexibility index (Phi) is 3.82. The van der Waals surface area contributed by atoms with Crippen molar-refractivity contribution in [2.45, 2.75) is 38.6 Å². The molecule has 0 radical (unpaired) electrons. The van der Waals surface area contributed by atoms with Gasteiger partial charge in [0.05, 0.1) is 6.04 Å². The van der Waals surface area contributed by atoms with Crippen molar-refractivity contribution in [3.05, 3.63) is 42.2 Å². The van der Waals surface area contributed by atoms with E-state index in [1.165, 1.54) is 0 Å². The first-order chi connectivity index (χ1) is 10.2. The second kappa shape index (κ2) is 5.76. The fourth-order valence-electron chi connectivity index (χ4n) is 3.08. The first kappa shape index (κ1) is 13.9.